The first-order valence-electron chi connectivity index (χ1n) is 14.2. The maximum absolute atomic E-state index is 16.6. The van der Waals surface area contributed by atoms with E-state index in [1.54, 1.807) is 38.1 Å². The van der Waals surface area contributed by atoms with Crippen LogP contribution in [0.3, 0.4) is 0 Å². The van der Waals surface area contributed by atoms with Gasteiger partial charge in [0.1, 0.15) is 22.6 Å². The minimum Gasteiger partial charge on any atom is -0.480 e. The van der Waals surface area contributed by atoms with E-state index >= 15 is 4.39 Å². The van der Waals surface area contributed by atoms with Crippen molar-refractivity contribution in [3.8, 4) is 28.5 Å². The zero-order chi connectivity index (χ0) is 31.2. The van der Waals surface area contributed by atoms with Gasteiger partial charge in [-0.15, -0.1) is 0 Å². The van der Waals surface area contributed by atoms with Gasteiger partial charge >= 0.3 is 6.18 Å². The first-order valence-corrected chi connectivity index (χ1v) is 15.7. The maximum Gasteiger partial charge on any atom is 0.434 e. The molecule has 0 radical (unpaired) electrons. The van der Waals surface area contributed by atoms with Crippen LogP contribution in [0.4, 0.5) is 23.2 Å². The summed E-state index contributed by atoms with van der Waals surface area (Å²) in [6, 6.07) is 6.14. The second-order valence-corrected chi connectivity index (χ2v) is 13.9. The predicted octanol–water partition coefficient (Wildman–Crippen LogP) is 6.37. The molecule has 0 amide bonds. The van der Waals surface area contributed by atoms with E-state index in [0.717, 1.165) is 23.3 Å². The van der Waals surface area contributed by atoms with Gasteiger partial charge in [-0.1, -0.05) is 24.3 Å². The Balaban J connectivity index is 1.29. The van der Waals surface area contributed by atoms with Gasteiger partial charge in [-0.05, 0) is 45.1 Å². The minimum absolute atomic E-state index is 0.0607. The molecule has 0 saturated heterocycles. The molecule has 0 atom stereocenters. The SMILES string of the molecule is COc1ncnc(C2CC2)c1-c1ncc2c(c1F)N(Cc1ccc(-c3nc(C(F)(F)F)cn3C(C)C)cc1)S(=O)(=O)C21CC1. The van der Waals surface area contributed by atoms with Gasteiger partial charge in [0, 0.05) is 35.5 Å². The van der Waals surface area contributed by atoms with Gasteiger partial charge in [0.15, 0.2) is 11.5 Å². The van der Waals surface area contributed by atoms with Crippen molar-refractivity contribution in [1.29, 1.82) is 0 Å². The third-order valence-electron chi connectivity index (χ3n) is 8.58. The number of anilines is 1. The third kappa shape index (κ3) is 4.28. The number of hydrogen-bond donors (Lipinski definition) is 0. The number of halogens is 4. The van der Waals surface area contributed by atoms with Crippen LogP contribution < -0.4 is 9.04 Å². The van der Waals surface area contributed by atoms with Crippen LogP contribution in [0.5, 0.6) is 5.88 Å². The van der Waals surface area contributed by atoms with Gasteiger partial charge in [-0.2, -0.15) is 13.2 Å². The molecule has 1 spiro atoms. The number of fused-ring (bicyclic) bond motifs is 2. The first-order chi connectivity index (χ1) is 20.9. The second kappa shape index (κ2) is 9.71. The van der Waals surface area contributed by atoms with E-state index in [1.807, 2.05) is 0 Å². The summed E-state index contributed by atoms with van der Waals surface area (Å²) < 4.78 is 91.4. The molecule has 4 aromatic rings. The Hall–Kier alpha value is -4.07. The molecule has 230 valence electrons. The first kappa shape index (κ1) is 28.7. The molecule has 2 fully saturated rings. The van der Waals surface area contributed by atoms with Gasteiger partial charge in [0.05, 0.1) is 30.6 Å². The van der Waals surface area contributed by atoms with Gasteiger partial charge in [0.2, 0.25) is 15.9 Å². The molecule has 44 heavy (non-hydrogen) atoms. The number of benzene rings is 1. The van der Waals surface area contributed by atoms with E-state index in [-0.39, 0.29) is 41.6 Å². The summed E-state index contributed by atoms with van der Waals surface area (Å²) in [5.74, 6) is -0.379. The topological polar surface area (TPSA) is 103 Å². The molecule has 0 N–H and O–H groups in total. The summed E-state index contributed by atoms with van der Waals surface area (Å²) in [5, 5.41) is 0. The van der Waals surface area contributed by atoms with Crippen LogP contribution in [0.15, 0.2) is 43.0 Å². The molecule has 2 aliphatic carbocycles. The van der Waals surface area contributed by atoms with Crippen molar-refractivity contribution in [2.45, 2.75) is 69.0 Å². The van der Waals surface area contributed by atoms with Crippen LogP contribution in [0.2, 0.25) is 0 Å². The maximum atomic E-state index is 16.6. The fourth-order valence-corrected chi connectivity index (χ4v) is 8.20. The average Bonchev–Trinajstić information content (AvgIpc) is 3.91. The zero-order valence-corrected chi connectivity index (χ0v) is 24.9. The van der Waals surface area contributed by atoms with Crippen molar-refractivity contribution in [2.75, 3.05) is 11.4 Å². The summed E-state index contributed by atoms with van der Waals surface area (Å²) >= 11 is 0. The molecule has 0 unspecified atom stereocenters. The molecule has 14 heteroatoms. The lowest BCUT2D eigenvalue weighted by atomic mass is 10.0. The standard InChI is InChI=1S/C30H28F4N6O3S/c1-16(2)39-14-21(30(32,33)34)38-27(39)19-6-4-17(5-7-19)13-40-26-20(29(10-11-29)44(40,41)42)12-35-25(23(26)31)22-24(18-8-9-18)36-15-37-28(22)43-3/h4-7,12,14-16,18H,8-11,13H2,1-3H3. The van der Waals surface area contributed by atoms with Crippen LogP contribution in [0.25, 0.3) is 22.6 Å². The van der Waals surface area contributed by atoms with E-state index in [2.05, 4.69) is 19.9 Å². The number of pyridine rings is 1. The molecule has 4 heterocycles. The van der Waals surface area contributed by atoms with E-state index in [9.17, 15) is 21.6 Å². The number of nitrogens with zero attached hydrogens (tertiary/aromatic N) is 6. The normalized spacial score (nSPS) is 18.2. The van der Waals surface area contributed by atoms with Crippen molar-refractivity contribution in [1.82, 2.24) is 24.5 Å². The number of methoxy groups -OCH3 is 1. The summed E-state index contributed by atoms with van der Waals surface area (Å²) in [7, 11) is -2.59. The van der Waals surface area contributed by atoms with Crippen LogP contribution in [-0.2, 0) is 27.5 Å². The van der Waals surface area contributed by atoms with Crippen LogP contribution in [0, 0.1) is 5.82 Å². The molecule has 3 aromatic heterocycles. The van der Waals surface area contributed by atoms with Crippen molar-refractivity contribution >= 4 is 15.7 Å². The summed E-state index contributed by atoms with van der Waals surface area (Å²) in [6.07, 6.45) is 1.64. The Kier molecular flexibility index (Phi) is 6.33. The minimum atomic E-state index is -4.60. The number of sulfonamides is 1. The Labute approximate surface area is 251 Å². The fraction of sp³-hybridized carbons (Fsp3) is 0.400. The summed E-state index contributed by atoms with van der Waals surface area (Å²) in [6.45, 7) is 3.33. The van der Waals surface area contributed by atoms with Crippen molar-refractivity contribution in [3.05, 3.63) is 71.3 Å². The van der Waals surface area contributed by atoms with E-state index < -0.39 is 32.5 Å². The number of alkyl halides is 3. The van der Waals surface area contributed by atoms with Crippen molar-refractivity contribution in [3.63, 3.8) is 0 Å². The molecular weight excluding hydrogens is 600 g/mol. The smallest absolute Gasteiger partial charge is 0.434 e. The molecule has 7 rings (SSSR count). The van der Waals surface area contributed by atoms with Crippen LogP contribution in [-0.4, -0.2) is 40.0 Å². The number of rotatable bonds is 7. The van der Waals surface area contributed by atoms with E-state index in [4.69, 9.17) is 4.74 Å². The lowest BCUT2D eigenvalue weighted by molar-refractivity contribution is -0.140. The molecule has 1 aliphatic heterocycles. The fourth-order valence-electron chi connectivity index (χ4n) is 5.99. The molecule has 0 bridgehead atoms. The van der Waals surface area contributed by atoms with Gasteiger partial charge in [-0.3, -0.25) is 9.29 Å². The lowest BCUT2D eigenvalue weighted by Gasteiger charge is -2.21. The van der Waals surface area contributed by atoms with Gasteiger partial charge in [-0.25, -0.2) is 27.8 Å². The monoisotopic (exact) mass is 628 g/mol. The van der Waals surface area contributed by atoms with E-state index in [1.165, 1.54) is 24.2 Å². The lowest BCUT2D eigenvalue weighted by Crippen LogP contribution is -2.31. The van der Waals surface area contributed by atoms with Crippen LogP contribution in [0.1, 0.15) is 74.0 Å². The highest BCUT2D eigenvalue weighted by atomic mass is 32.2. The van der Waals surface area contributed by atoms with Gasteiger partial charge < -0.3 is 9.30 Å². The van der Waals surface area contributed by atoms with E-state index in [0.29, 0.717) is 40.8 Å². The second-order valence-electron chi connectivity index (χ2n) is 11.8. The quantitative estimate of drug-likeness (QED) is 0.219. The van der Waals surface area contributed by atoms with Crippen molar-refractivity contribution in [2.24, 2.45) is 0 Å². The largest absolute Gasteiger partial charge is 0.480 e. The Morgan fingerprint density at radius 3 is 2.39 bits per heavy atom. The third-order valence-corrected chi connectivity index (χ3v) is 11.1. The zero-order valence-electron chi connectivity index (χ0n) is 24.1. The Morgan fingerprint density at radius 1 is 1.09 bits per heavy atom. The predicted molar refractivity (Wildman–Crippen MR) is 153 cm³/mol. The number of hydrogen-bond acceptors (Lipinski definition) is 7. The number of imidazole rings is 1. The Morgan fingerprint density at radius 2 is 1.80 bits per heavy atom. The molecular formula is C30H28F4N6O3S. The number of aromatic nitrogens is 5. The van der Waals surface area contributed by atoms with Crippen LogP contribution >= 0.6 is 0 Å². The van der Waals surface area contributed by atoms with Crippen molar-refractivity contribution < 1.29 is 30.7 Å². The summed E-state index contributed by atoms with van der Waals surface area (Å²) in [5.41, 5.74) is 1.07. The highest BCUT2D eigenvalue weighted by Crippen LogP contribution is 2.63. The highest BCUT2D eigenvalue weighted by molar-refractivity contribution is 7.94. The molecule has 1 aromatic carbocycles. The summed E-state index contributed by atoms with van der Waals surface area (Å²) in [4.78, 5) is 16.8. The molecule has 2 saturated carbocycles. The Bertz CT molecular complexity index is 1900. The highest BCUT2D eigenvalue weighted by Gasteiger charge is 2.65. The number of ether oxygens (including phenoxy) is 1. The van der Waals surface area contributed by atoms with Gasteiger partial charge in [0.25, 0.3) is 0 Å². The molecule has 3 aliphatic rings. The average molecular weight is 629 g/mol. The molecule has 9 nitrogen and oxygen atoms in total.